The summed E-state index contributed by atoms with van der Waals surface area (Å²) in [6.07, 6.45) is 7.25. The van der Waals surface area contributed by atoms with Gasteiger partial charge in [0.05, 0.1) is 6.54 Å². The summed E-state index contributed by atoms with van der Waals surface area (Å²) < 4.78 is 0. The minimum absolute atomic E-state index is 0.0168. The minimum atomic E-state index is -0.957. The standard InChI is InChI=1S/C15H24N2O4/c18-13(17-9-5-4-8-12(17)15(20)21)10-16-14(19)11-6-2-1-3-7-11/h11-12H,1-10H2,(H,16,19)(H,20,21). The predicted octanol–water partition coefficient (Wildman–Crippen LogP) is 1.15. The van der Waals surface area contributed by atoms with Crippen molar-refractivity contribution >= 4 is 17.8 Å². The molecule has 6 heteroatoms. The first kappa shape index (κ1) is 15.8. The third kappa shape index (κ3) is 4.19. The van der Waals surface area contributed by atoms with Gasteiger partial charge in [-0.05, 0) is 32.1 Å². The van der Waals surface area contributed by atoms with E-state index in [0.29, 0.717) is 13.0 Å². The normalized spacial score (nSPS) is 23.6. The lowest BCUT2D eigenvalue weighted by molar-refractivity contribution is -0.151. The number of aliphatic carboxylic acids is 1. The molecule has 118 valence electrons. The monoisotopic (exact) mass is 296 g/mol. The highest BCUT2D eigenvalue weighted by Crippen LogP contribution is 2.23. The molecule has 0 aromatic rings. The zero-order valence-electron chi connectivity index (χ0n) is 12.3. The van der Waals surface area contributed by atoms with E-state index in [2.05, 4.69) is 5.32 Å². The molecule has 1 saturated carbocycles. The summed E-state index contributed by atoms with van der Waals surface area (Å²) in [5.74, 6) is -1.29. The van der Waals surface area contributed by atoms with E-state index in [1.165, 1.54) is 11.3 Å². The Bertz CT molecular complexity index is 404. The van der Waals surface area contributed by atoms with Crippen LogP contribution in [0.2, 0.25) is 0 Å². The van der Waals surface area contributed by atoms with Gasteiger partial charge in [0, 0.05) is 12.5 Å². The van der Waals surface area contributed by atoms with Crippen molar-refractivity contribution in [2.45, 2.75) is 57.4 Å². The number of hydrogen-bond acceptors (Lipinski definition) is 3. The predicted molar refractivity (Wildman–Crippen MR) is 76.6 cm³/mol. The third-order valence-corrected chi connectivity index (χ3v) is 4.50. The van der Waals surface area contributed by atoms with Gasteiger partial charge in [-0.1, -0.05) is 19.3 Å². The molecule has 6 nitrogen and oxygen atoms in total. The average molecular weight is 296 g/mol. The van der Waals surface area contributed by atoms with Crippen LogP contribution in [0.25, 0.3) is 0 Å². The van der Waals surface area contributed by atoms with Gasteiger partial charge in [0.25, 0.3) is 0 Å². The van der Waals surface area contributed by atoms with Crippen LogP contribution in [-0.4, -0.2) is 46.9 Å². The van der Waals surface area contributed by atoms with E-state index in [0.717, 1.165) is 38.5 Å². The SMILES string of the molecule is O=C(NCC(=O)N1CCCCC1C(=O)O)C1CCCCC1. The molecule has 2 amide bonds. The first-order valence-corrected chi connectivity index (χ1v) is 7.89. The fourth-order valence-electron chi connectivity index (χ4n) is 3.26. The second kappa shape index (κ2) is 7.43. The van der Waals surface area contributed by atoms with Crippen LogP contribution in [0.5, 0.6) is 0 Å². The molecule has 2 aliphatic rings. The van der Waals surface area contributed by atoms with E-state index < -0.39 is 12.0 Å². The number of carbonyl (C=O) groups excluding carboxylic acids is 2. The van der Waals surface area contributed by atoms with Gasteiger partial charge in [-0.3, -0.25) is 9.59 Å². The largest absolute Gasteiger partial charge is 0.480 e. The summed E-state index contributed by atoms with van der Waals surface area (Å²) in [4.78, 5) is 36.7. The first-order valence-electron chi connectivity index (χ1n) is 7.89. The number of carbonyl (C=O) groups is 3. The van der Waals surface area contributed by atoms with Crippen molar-refractivity contribution < 1.29 is 19.5 Å². The highest BCUT2D eigenvalue weighted by Gasteiger charge is 2.32. The Morgan fingerprint density at radius 3 is 2.33 bits per heavy atom. The maximum absolute atomic E-state index is 12.1. The van der Waals surface area contributed by atoms with E-state index in [9.17, 15) is 14.4 Å². The van der Waals surface area contributed by atoms with Gasteiger partial charge in [0.1, 0.15) is 6.04 Å². The van der Waals surface area contributed by atoms with Crippen LogP contribution < -0.4 is 5.32 Å². The van der Waals surface area contributed by atoms with Crippen molar-refractivity contribution in [1.82, 2.24) is 10.2 Å². The highest BCUT2D eigenvalue weighted by molar-refractivity contribution is 5.88. The lowest BCUT2D eigenvalue weighted by Crippen LogP contribution is -2.51. The van der Waals surface area contributed by atoms with E-state index in [1.807, 2.05) is 0 Å². The second-order valence-corrected chi connectivity index (χ2v) is 5.99. The van der Waals surface area contributed by atoms with Crippen LogP contribution in [0.4, 0.5) is 0 Å². The summed E-state index contributed by atoms with van der Waals surface area (Å²) in [6, 6.07) is -0.738. The molecule has 2 N–H and O–H groups in total. The van der Waals surface area contributed by atoms with Crippen LogP contribution >= 0.6 is 0 Å². The molecule has 0 aromatic heterocycles. The zero-order chi connectivity index (χ0) is 15.2. The minimum Gasteiger partial charge on any atom is -0.480 e. The molecule has 2 fully saturated rings. The highest BCUT2D eigenvalue weighted by atomic mass is 16.4. The van der Waals surface area contributed by atoms with Crippen molar-refractivity contribution in [1.29, 1.82) is 0 Å². The molecular weight excluding hydrogens is 272 g/mol. The van der Waals surface area contributed by atoms with Crippen molar-refractivity contribution in [2.75, 3.05) is 13.1 Å². The number of amides is 2. The average Bonchev–Trinajstić information content (AvgIpc) is 2.53. The number of likely N-dealkylation sites (tertiary alicyclic amines) is 1. The Morgan fingerprint density at radius 1 is 1.00 bits per heavy atom. The Labute approximate surface area is 124 Å². The van der Waals surface area contributed by atoms with Crippen molar-refractivity contribution in [2.24, 2.45) is 5.92 Å². The fourth-order valence-corrected chi connectivity index (χ4v) is 3.26. The molecular formula is C15H24N2O4. The van der Waals surface area contributed by atoms with Gasteiger partial charge in [0.2, 0.25) is 11.8 Å². The number of rotatable bonds is 4. The van der Waals surface area contributed by atoms with Gasteiger partial charge < -0.3 is 15.3 Å². The molecule has 0 radical (unpaired) electrons. The summed E-state index contributed by atoms with van der Waals surface area (Å²) in [6.45, 7) is 0.383. The van der Waals surface area contributed by atoms with E-state index in [1.54, 1.807) is 0 Å². The van der Waals surface area contributed by atoms with Gasteiger partial charge in [-0.15, -0.1) is 0 Å². The number of hydrogen-bond donors (Lipinski definition) is 2. The number of carboxylic acids is 1. The Morgan fingerprint density at radius 2 is 1.67 bits per heavy atom. The molecule has 21 heavy (non-hydrogen) atoms. The molecule has 2 rings (SSSR count). The third-order valence-electron chi connectivity index (χ3n) is 4.50. The van der Waals surface area contributed by atoms with Gasteiger partial charge in [0.15, 0.2) is 0 Å². The molecule has 1 aliphatic carbocycles. The smallest absolute Gasteiger partial charge is 0.326 e. The van der Waals surface area contributed by atoms with Gasteiger partial charge in [-0.25, -0.2) is 4.79 Å². The maximum Gasteiger partial charge on any atom is 0.326 e. The molecule has 1 saturated heterocycles. The molecule has 0 aromatic carbocycles. The molecule has 1 unspecified atom stereocenters. The zero-order valence-corrected chi connectivity index (χ0v) is 12.3. The van der Waals surface area contributed by atoms with Crippen molar-refractivity contribution in [3.05, 3.63) is 0 Å². The summed E-state index contributed by atoms with van der Waals surface area (Å²) in [5, 5.41) is 11.8. The topological polar surface area (TPSA) is 86.7 Å². The quantitative estimate of drug-likeness (QED) is 0.814. The Kier molecular flexibility index (Phi) is 5.59. The first-order chi connectivity index (χ1) is 10.1. The lowest BCUT2D eigenvalue weighted by Gasteiger charge is -2.33. The molecule has 1 heterocycles. The van der Waals surface area contributed by atoms with Crippen LogP contribution in [0.3, 0.4) is 0 Å². The van der Waals surface area contributed by atoms with Crippen LogP contribution in [-0.2, 0) is 14.4 Å². The van der Waals surface area contributed by atoms with Crippen LogP contribution in [0.15, 0.2) is 0 Å². The molecule has 1 atom stereocenters. The van der Waals surface area contributed by atoms with E-state index in [4.69, 9.17) is 5.11 Å². The fraction of sp³-hybridized carbons (Fsp3) is 0.800. The summed E-state index contributed by atoms with van der Waals surface area (Å²) >= 11 is 0. The second-order valence-electron chi connectivity index (χ2n) is 5.99. The van der Waals surface area contributed by atoms with Crippen LogP contribution in [0, 0.1) is 5.92 Å². The lowest BCUT2D eigenvalue weighted by atomic mass is 9.89. The Balaban J connectivity index is 1.82. The van der Waals surface area contributed by atoms with Crippen LogP contribution in [0.1, 0.15) is 51.4 Å². The Hall–Kier alpha value is -1.59. The molecule has 1 aliphatic heterocycles. The van der Waals surface area contributed by atoms with E-state index in [-0.39, 0.29) is 24.3 Å². The molecule has 0 spiro atoms. The van der Waals surface area contributed by atoms with Gasteiger partial charge >= 0.3 is 5.97 Å². The number of carboxylic acid groups (broad SMARTS) is 1. The van der Waals surface area contributed by atoms with Crippen molar-refractivity contribution in [3.63, 3.8) is 0 Å². The summed E-state index contributed by atoms with van der Waals surface area (Å²) in [7, 11) is 0. The molecule has 0 bridgehead atoms. The number of nitrogens with one attached hydrogen (secondary N) is 1. The number of piperidine rings is 1. The van der Waals surface area contributed by atoms with Gasteiger partial charge in [-0.2, -0.15) is 0 Å². The van der Waals surface area contributed by atoms with E-state index >= 15 is 0 Å². The maximum atomic E-state index is 12.1. The van der Waals surface area contributed by atoms with Crippen molar-refractivity contribution in [3.8, 4) is 0 Å². The number of nitrogens with zero attached hydrogens (tertiary/aromatic N) is 1. The summed E-state index contributed by atoms with van der Waals surface area (Å²) in [5.41, 5.74) is 0.